The van der Waals surface area contributed by atoms with Gasteiger partial charge in [-0.25, -0.2) is 4.39 Å². The Morgan fingerprint density at radius 1 is 1.26 bits per heavy atom. The van der Waals surface area contributed by atoms with Crippen LogP contribution in [0, 0.1) is 11.7 Å². The predicted molar refractivity (Wildman–Crippen MR) is 75.4 cm³/mol. The minimum atomic E-state index is -0.771. The molecule has 1 aromatic rings. The van der Waals surface area contributed by atoms with Gasteiger partial charge in [0.1, 0.15) is 5.82 Å². The normalized spacial score (nSPS) is 20.2. The number of halogens is 1. The Morgan fingerprint density at radius 2 is 1.95 bits per heavy atom. The molecular weight excluding hydrogens is 241 g/mol. The molecule has 2 nitrogen and oxygen atoms in total. The Kier molecular flexibility index (Phi) is 5.34. The van der Waals surface area contributed by atoms with Crippen molar-refractivity contribution < 1.29 is 9.50 Å². The molecule has 1 saturated carbocycles. The zero-order valence-corrected chi connectivity index (χ0v) is 11.6. The van der Waals surface area contributed by atoms with Gasteiger partial charge in [0.05, 0.1) is 6.10 Å². The minimum Gasteiger partial charge on any atom is -0.387 e. The van der Waals surface area contributed by atoms with Crippen LogP contribution in [0.15, 0.2) is 24.3 Å². The van der Waals surface area contributed by atoms with Crippen LogP contribution in [0.2, 0.25) is 0 Å². The summed E-state index contributed by atoms with van der Waals surface area (Å²) in [6, 6.07) is 6.83. The third-order valence-corrected chi connectivity index (χ3v) is 4.25. The summed E-state index contributed by atoms with van der Waals surface area (Å²) in [6.45, 7) is 2.59. The van der Waals surface area contributed by atoms with Crippen molar-refractivity contribution in [2.45, 2.75) is 51.2 Å². The van der Waals surface area contributed by atoms with E-state index in [9.17, 15) is 9.50 Å². The fourth-order valence-electron chi connectivity index (χ4n) is 2.95. The van der Waals surface area contributed by atoms with Gasteiger partial charge in [-0.3, -0.25) is 0 Å². The standard InChI is InChI=1S/C16H24FNO/c1-12(13-7-3-2-4-8-13)18-11-16(19)14-9-5-6-10-15(14)17/h5-6,9-10,12-13,16,18-19H,2-4,7-8,11H2,1H3/t12-,16?/m1/s1. The van der Waals surface area contributed by atoms with E-state index in [-0.39, 0.29) is 5.82 Å². The van der Waals surface area contributed by atoms with Crippen molar-refractivity contribution in [3.05, 3.63) is 35.6 Å². The van der Waals surface area contributed by atoms with E-state index in [1.165, 1.54) is 38.2 Å². The maximum atomic E-state index is 13.5. The average Bonchev–Trinajstić information content (AvgIpc) is 2.46. The Morgan fingerprint density at radius 3 is 2.63 bits per heavy atom. The van der Waals surface area contributed by atoms with Gasteiger partial charge < -0.3 is 10.4 Å². The molecule has 1 unspecified atom stereocenters. The molecule has 2 rings (SSSR count). The van der Waals surface area contributed by atoms with Crippen molar-refractivity contribution in [1.82, 2.24) is 5.32 Å². The van der Waals surface area contributed by atoms with E-state index in [4.69, 9.17) is 0 Å². The third kappa shape index (κ3) is 4.02. The van der Waals surface area contributed by atoms with Gasteiger partial charge in [0.2, 0.25) is 0 Å². The number of nitrogens with one attached hydrogen (secondary N) is 1. The van der Waals surface area contributed by atoms with E-state index in [1.807, 2.05) is 0 Å². The van der Waals surface area contributed by atoms with E-state index in [0.29, 0.717) is 24.1 Å². The lowest BCUT2D eigenvalue weighted by atomic mass is 9.84. The lowest BCUT2D eigenvalue weighted by Crippen LogP contribution is -2.37. The average molecular weight is 265 g/mol. The van der Waals surface area contributed by atoms with Crippen LogP contribution >= 0.6 is 0 Å². The van der Waals surface area contributed by atoms with Crippen LogP contribution in [0.1, 0.15) is 50.7 Å². The van der Waals surface area contributed by atoms with Crippen LogP contribution in [-0.4, -0.2) is 17.7 Å². The number of hydrogen-bond acceptors (Lipinski definition) is 2. The highest BCUT2D eigenvalue weighted by Gasteiger charge is 2.21. The van der Waals surface area contributed by atoms with E-state index >= 15 is 0 Å². The van der Waals surface area contributed by atoms with E-state index < -0.39 is 6.10 Å². The summed E-state index contributed by atoms with van der Waals surface area (Å²) in [7, 11) is 0. The van der Waals surface area contributed by atoms with Crippen LogP contribution in [0.4, 0.5) is 4.39 Å². The van der Waals surface area contributed by atoms with Gasteiger partial charge in [-0.1, -0.05) is 37.5 Å². The second-order valence-corrected chi connectivity index (χ2v) is 5.63. The van der Waals surface area contributed by atoms with Gasteiger partial charge in [-0.2, -0.15) is 0 Å². The summed E-state index contributed by atoms with van der Waals surface area (Å²) >= 11 is 0. The smallest absolute Gasteiger partial charge is 0.129 e. The minimum absolute atomic E-state index is 0.331. The molecule has 2 N–H and O–H groups in total. The van der Waals surface area contributed by atoms with Gasteiger partial charge in [0.15, 0.2) is 0 Å². The van der Waals surface area contributed by atoms with Crippen molar-refractivity contribution >= 4 is 0 Å². The van der Waals surface area contributed by atoms with Gasteiger partial charge >= 0.3 is 0 Å². The number of aliphatic hydroxyl groups excluding tert-OH is 1. The molecule has 19 heavy (non-hydrogen) atoms. The first-order valence-electron chi connectivity index (χ1n) is 7.34. The maximum absolute atomic E-state index is 13.5. The van der Waals surface area contributed by atoms with Gasteiger partial charge in [0.25, 0.3) is 0 Å². The number of benzene rings is 1. The molecule has 106 valence electrons. The zero-order valence-electron chi connectivity index (χ0n) is 11.6. The first-order valence-corrected chi connectivity index (χ1v) is 7.34. The number of hydrogen-bond donors (Lipinski definition) is 2. The van der Waals surface area contributed by atoms with Crippen molar-refractivity contribution in [1.29, 1.82) is 0 Å². The first-order chi connectivity index (χ1) is 9.18. The highest BCUT2D eigenvalue weighted by Crippen LogP contribution is 2.26. The Balaban J connectivity index is 1.82. The van der Waals surface area contributed by atoms with Crippen molar-refractivity contribution in [2.24, 2.45) is 5.92 Å². The maximum Gasteiger partial charge on any atom is 0.129 e. The van der Waals surface area contributed by atoms with Gasteiger partial charge in [-0.15, -0.1) is 0 Å². The van der Waals surface area contributed by atoms with E-state index in [1.54, 1.807) is 18.2 Å². The summed E-state index contributed by atoms with van der Waals surface area (Å²) < 4.78 is 13.5. The molecule has 0 heterocycles. The molecule has 0 aliphatic heterocycles. The summed E-state index contributed by atoms with van der Waals surface area (Å²) in [5, 5.41) is 13.4. The lowest BCUT2D eigenvalue weighted by molar-refractivity contribution is 0.157. The summed E-state index contributed by atoms with van der Waals surface area (Å²) in [4.78, 5) is 0. The van der Waals surface area contributed by atoms with Gasteiger partial charge in [-0.05, 0) is 31.7 Å². The Hall–Kier alpha value is -0.930. The molecule has 2 atom stereocenters. The second-order valence-electron chi connectivity index (χ2n) is 5.63. The topological polar surface area (TPSA) is 32.3 Å². The number of rotatable bonds is 5. The Bertz CT molecular complexity index is 390. The largest absolute Gasteiger partial charge is 0.387 e. The molecule has 0 bridgehead atoms. The van der Waals surface area contributed by atoms with Crippen LogP contribution in [0.25, 0.3) is 0 Å². The molecule has 0 saturated heterocycles. The highest BCUT2D eigenvalue weighted by molar-refractivity contribution is 5.20. The predicted octanol–water partition coefficient (Wildman–Crippen LogP) is 3.42. The SMILES string of the molecule is C[C@@H](NCC(O)c1ccccc1F)C1CCCCC1. The van der Waals surface area contributed by atoms with Crippen LogP contribution in [-0.2, 0) is 0 Å². The first kappa shape index (κ1) is 14.5. The molecule has 1 aliphatic rings. The summed E-state index contributed by atoms with van der Waals surface area (Å²) in [5.41, 5.74) is 0.380. The Labute approximate surface area is 115 Å². The van der Waals surface area contributed by atoms with Crippen molar-refractivity contribution in [3.63, 3.8) is 0 Å². The van der Waals surface area contributed by atoms with Gasteiger partial charge in [0, 0.05) is 18.2 Å². The summed E-state index contributed by atoms with van der Waals surface area (Å²) in [6.07, 6.45) is 5.74. The van der Waals surface area contributed by atoms with Crippen LogP contribution in [0.5, 0.6) is 0 Å². The van der Waals surface area contributed by atoms with E-state index in [2.05, 4.69) is 12.2 Å². The molecule has 3 heteroatoms. The second kappa shape index (κ2) is 7.01. The molecule has 0 amide bonds. The lowest BCUT2D eigenvalue weighted by Gasteiger charge is -2.29. The molecular formula is C16H24FNO. The fraction of sp³-hybridized carbons (Fsp3) is 0.625. The molecule has 0 aromatic heterocycles. The zero-order chi connectivity index (χ0) is 13.7. The quantitative estimate of drug-likeness (QED) is 0.855. The number of aliphatic hydroxyl groups is 1. The molecule has 0 spiro atoms. The van der Waals surface area contributed by atoms with Crippen LogP contribution in [0.3, 0.4) is 0 Å². The molecule has 1 fully saturated rings. The summed E-state index contributed by atoms with van der Waals surface area (Å²) in [5.74, 6) is 0.365. The van der Waals surface area contributed by atoms with E-state index in [0.717, 1.165) is 0 Å². The molecule has 0 radical (unpaired) electrons. The monoisotopic (exact) mass is 265 g/mol. The molecule has 1 aliphatic carbocycles. The van der Waals surface area contributed by atoms with Crippen molar-refractivity contribution in [3.8, 4) is 0 Å². The van der Waals surface area contributed by atoms with Crippen molar-refractivity contribution in [2.75, 3.05) is 6.54 Å². The third-order valence-electron chi connectivity index (χ3n) is 4.25. The molecule has 1 aromatic carbocycles. The van der Waals surface area contributed by atoms with Crippen LogP contribution < -0.4 is 5.32 Å². The fourth-order valence-corrected chi connectivity index (χ4v) is 2.95. The highest BCUT2D eigenvalue weighted by atomic mass is 19.1.